The van der Waals surface area contributed by atoms with Crippen molar-refractivity contribution in [2.75, 3.05) is 26.2 Å². The highest BCUT2D eigenvalue weighted by Crippen LogP contribution is 2.51. The van der Waals surface area contributed by atoms with Gasteiger partial charge in [-0.2, -0.15) is 0 Å². The van der Waals surface area contributed by atoms with Crippen molar-refractivity contribution in [3.63, 3.8) is 0 Å². The van der Waals surface area contributed by atoms with Gasteiger partial charge in [-0.15, -0.1) is 0 Å². The first-order valence-corrected chi connectivity index (χ1v) is 12.5. The van der Waals surface area contributed by atoms with Gasteiger partial charge in [0.05, 0.1) is 18.1 Å². The molecule has 7 nitrogen and oxygen atoms in total. The summed E-state index contributed by atoms with van der Waals surface area (Å²) in [6.07, 6.45) is 1.66. The Labute approximate surface area is 217 Å². The number of ether oxygens (including phenoxy) is 3. The zero-order valence-electron chi connectivity index (χ0n) is 21.7. The molecule has 1 fully saturated rings. The lowest BCUT2D eigenvalue weighted by Gasteiger charge is -2.18. The fourth-order valence-corrected chi connectivity index (χ4v) is 4.57. The Morgan fingerprint density at radius 2 is 1.70 bits per heavy atom. The second-order valence-electron chi connectivity index (χ2n) is 10.1. The van der Waals surface area contributed by atoms with Gasteiger partial charge in [0.1, 0.15) is 0 Å². The number of nitrogens with zero attached hydrogens (tertiary/aromatic N) is 1. The lowest BCUT2D eigenvalue weighted by molar-refractivity contribution is -0.118. The van der Waals surface area contributed by atoms with E-state index in [0.29, 0.717) is 29.4 Å². The molecular weight excluding hydrogens is 468 g/mol. The Morgan fingerprint density at radius 3 is 2.38 bits per heavy atom. The lowest BCUT2D eigenvalue weighted by atomic mass is 9.94. The van der Waals surface area contributed by atoms with E-state index in [1.807, 2.05) is 74.5 Å². The van der Waals surface area contributed by atoms with Crippen LogP contribution in [0.15, 0.2) is 60.7 Å². The molecule has 0 unspecified atom stereocenters. The van der Waals surface area contributed by atoms with Crippen LogP contribution in [0.25, 0.3) is 11.1 Å². The number of amides is 2. The van der Waals surface area contributed by atoms with Crippen LogP contribution >= 0.6 is 0 Å². The Morgan fingerprint density at radius 1 is 0.973 bits per heavy atom. The van der Waals surface area contributed by atoms with Crippen LogP contribution in [0.4, 0.5) is 5.69 Å². The predicted octanol–water partition coefficient (Wildman–Crippen LogP) is 5.38. The van der Waals surface area contributed by atoms with E-state index in [4.69, 9.17) is 14.2 Å². The number of hydrogen-bond acceptors (Lipinski definition) is 5. The molecule has 5 rings (SSSR count). The van der Waals surface area contributed by atoms with Crippen LogP contribution in [0.3, 0.4) is 0 Å². The standard InChI is InChI=1S/C30H32N2O5/c1-19(2)35-17-22-9-11-24(16-25(22)20-5-7-21(8-6-20)28(33)32(3)4)31-29(34)30(13-14-30)23-10-12-26-27(15-23)37-18-36-26/h5-12,15-16,19H,13-14,17-18H2,1-4H3,(H,31,34). The normalized spacial score (nSPS) is 14.9. The van der Waals surface area contributed by atoms with Crippen LogP contribution < -0.4 is 14.8 Å². The van der Waals surface area contributed by atoms with Crippen LogP contribution in [0.1, 0.15) is 48.2 Å². The van der Waals surface area contributed by atoms with E-state index < -0.39 is 5.41 Å². The monoisotopic (exact) mass is 500 g/mol. The number of anilines is 1. The molecule has 7 heteroatoms. The molecule has 1 aliphatic carbocycles. The minimum absolute atomic E-state index is 0.0320. The summed E-state index contributed by atoms with van der Waals surface area (Å²) in [5.74, 6) is 1.32. The Balaban J connectivity index is 1.41. The number of hydrogen-bond donors (Lipinski definition) is 1. The maximum atomic E-state index is 13.5. The van der Waals surface area contributed by atoms with Gasteiger partial charge < -0.3 is 24.4 Å². The molecule has 0 bridgehead atoms. The van der Waals surface area contributed by atoms with Gasteiger partial charge in [-0.3, -0.25) is 9.59 Å². The van der Waals surface area contributed by atoms with Crippen molar-refractivity contribution in [1.29, 1.82) is 0 Å². The first-order valence-electron chi connectivity index (χ1n) is 12.5. The molecule has 3 aromatic rings. The number of carbonyl (C=O) groups is 2. The third-order valence-electron chi connectivity index (χ3n) is 6.90. The van der Waals surface area contributed by atoms with E-state index in [-0.39, 0.29) is 24.7 Å². The molecule has 0 aromatic heterocycles. The largest absolute Gasteiger partial charge is 0.454 e. The van der Waals surface area contributed by atoms with Crippen LogP contribution in [-0.2, 0) is 21.6 Å². The molecule has 0 saturated heterocycles. The van der Waals surface area contributed by atoms with Gasteiger partial charge in [-0.25, -0.2) is 0 Å². The number of carbonyl (C=O) groups excluding carboxylic acids is 2. The van der Waals surface area contributed by atoms with Gasteiger partial charge in [-0.1, -0.05) is 24.3 Å². The van der Waals surface area contributed by atoms with Crippen molar-refractivity contribution < 1.29 is 23.8 Å². The molecule has 192 valence electrons. The van der Waals surface area contributed by atoms with E-state index in [2.05, 4.69) is 5.32 Å². The maximum Gasteiger partial charge on any atom is 0.253 e. The number of rotatable bonds is 8. The second-order valence-corrected chi connectivity index (χ2v) is 10.1. The highest BCUT2D eigenvalue weighted by Gasteiger charge is 2.51. The molecule has 0 radical (unpaired) electrons. The highest BCUT2D eigenvalue weighted by molar-refractivity contribution is 6.02. The van der Waals surface area contributed by atoms with E-state index in [0.717, 1.165) is 35.1 Å². The topological polar surface area (TPSA) is 77.1 Å². The van der Waals surface area contributed by atoms with Crippen molar-refractivity contribution in [2.45, 2.75) is 44.8 Å². The summed E-state index contributed by atoms with van der Waals surface area (Å²) in [5.41, 5.74) is 4.63. The summed E-state index contributed by atoms with van der Waals surface area (Å²) in [4.78, 5) is 27.4. The van der Waals surface area contributed by atoms with Crippen LogP contribution in [-0.4, -0.2) is 43.7 Å². The van der Waals surface area contributed by atoms with E-state index in [1.165, 1.54) is 0 Å². The fourth-order valence-electron chi connectivity index (χ4n) is 4.57. The third kappa shape index (κ3) is 5.04. The van der Waals surface area contributed by atoms with Crippen molar-refractivity contribution in [2.24, 2.45) is 0 Å². The number of fused-ring (bicyclic) bond motifs is 1. The summed E-state index contributed by atoms with van der Waals surface area (Å²) in [6, 6.07) is 19.2. The highest BCUT2D eigenvalue weighted by atomic mass is 16.7. The molecule has 37 heavy (non-hydrogen) atoms. The fraction of sp³-hybridized carbons (Fsp3) is 0.333. The van der Waals surface area contributed by atoms with Gasteiger partial charge in [-0.05, 0) is 85.3 Å². The van der Waals surface area contributed by atoms with Crippen LogP contribution in [0.5, 0.6) is 11.5 Å². The SMILES string of the molecule is CC(C)OCc1ccc(NC(=O)C2(c3ccc4c(c3)OCO4)CC2)cc1-c1ccc(C(=O)N(C)C)cc1. The average molecular weight is 501 g/mol. The first kappa shape index (κ1) is 24.8. The summed E-state index contributed by atoms with van der Waals surface area (Å²) >= 11 is 0. The molecule has 1 saturated carbocycles. The van der Waals surface area contributed by atoms with Gasteiger partial charge >= 0.3 is 0 Å². The van der Waals surface area contributed by atoms with Crippen molar-refractivity contribution in [3.05, 3.63) is 77.4 Å². The summed E-state index contributed by atoms with van der Waals surface area (Å²) in [6.45, 7) is 4.65. The minimum atomic E-state index is -0.561. The number of nitrogens with one attached hydrogen (secondary N) is 1. The van der Waals surface area contributed by atoms with Crippen LogP contribution in [0.2, 0.25) is 0 Å². The summed E-state index contributed by atoms with van der Waals surface area (Å²) in [7, 11) is 3.47. The van der Waals surface area contributed by atoms with Gasteiger partial charge in [0.2, 0.25) is 12.7 Å². The smallest absolute Gasteiger partial charge is 0.253 e. The van der Waals surface area contributed by atoms with Gasteiger partial charge in [0, 0.05) is 25.3 Å². The molecule has 2 amide bonds. The van der Waals surface area contributed by atoms with Crippen LogP contribution in [0, 0.1) is 0 Å². The predicted molar refractivity (Wildman–Crippen MR) is 142 cm³/mol. The molecule has 1 N–H and O–H groups in total. The maximum absolute atomic E-state index is 13.5. The second kappa shape index (κ2) is 9.90. The molecule has 0 atom stereocenters. The molecule has 0 spiro atoms. The average Bonchev–Trinajstić information content (AvgIpc) is 3.58. The molecule has 3 aromatic carbocycles. The van der Waals surface area contributed by atoms with Crippen molar-refractivity contribution in [1.82, 2.24) is 4.90 Å². The van der Waals surface area contributed by atoms with E-state index >= 15 is 0 Å². The zero-order valence-corrected chi connectivity index (χ0v) is 21.7. The third-order valence-corrected chi connectivity index (χ3v) is 6.90. The Bertz CT molecular complexity index is 1330. The zero-order chi connectivity index (χ0) is 26.2. The van der Waals surface area contributed by atoms with Gasteiger partial charge in [0.25, 0.3) is 5.91 Å². The van der Waals surface area contributed by atoms with Crippen molar-refractivity contribution in [3.8, 4) is 22.6 Å². The molecule has 1 heterocycles. The summed E-state index contributed by atoms with van der Waals surface area (Å²) < 4.78 is 16.8. The summed E-state index contributed by atoms with van der Waals surface area (Å²) in [5, 5.41) is 3.15. The minimum Gasteiger partial charge on any atom is -0.454 e. The molecular formula is C30H32N2O5. The Kier molecular flexibility index (Phi) is 6.65. The molecule has 1 aliphatic heterocycles. The van der Waals surface area contributed by atoms with E-state index in [1.54, 1.807) is 19.0 Å². The first-order chi connectivity index (χ1) is 17.8. The molecule has 2 aliphatic rings. The lowest BCUT2D eigenvalue weighted by Crippen LogP contribution is -2.27. The number of benzene rings is 3. The van der Waals surface area contributed by atoms with Gasteiger partial charge in [0.15, 0.2) is 11.5 Å². The Hall–Kier alpha value is -3.84. The van der Waals surface area contributed by atoms with E-state index in [9.17, 15) is 9.59 Å². The quantitative estimate of drug-likeness (QED) is 0.449. The van der Waals surface area contributed by atoms with Crippen molar-refractivity contribution >= 4 is 17.5 Å².